The minimum absolute atomic E-state index is 0. The molecule has 6 rings (SSSR count). The second kappa shape index (κ2) is 11.4. The van der Waals surface area contributed by atoms with Gasteiger partial charge in [-0.25, -0.2) is 0 Å². The fourth-order valence-electron chi connectivity index (χ4n) is 4.57. The maximum atomic E-state index is 10.0. The van der Waals surface area contributed by atoms with Gasteiger partial charge in [-0.3, -0.25) is 4.79 Å². The van der Waals surface area contributed by atoms with Gasteiger partial charge in [-0.2, -0.15) is 0 Å². The van der Waals surface area contributed by atoms with Gasteiger partial charge in [0.1, 0.15) is 5.58 Å². The predicted octanol–water partition coefficient (Wildman–Crippen LogP) is 8.98. The molecule has 3 aromatic heterocycles. The van der Waals surface area contributed by atoms with E-state index in [1.54, 1.807) is 0 Å². The second-order valence-electron chi connectivity index (χ2n) is 9.07. The Balaban J connectivity index is 0.000000375. The Kier molecular flexibility index (Phi) is 8.27. The van der Waals surface area contributed by atoms with E-state index in [0.29, 0.717) is 0 Å². The molecule has 0 aliphatic heterocycles. The zero-order valence-electron chi connectivity index (χ0n) is 21.5. The number of rotatable bonds is 3. The standard InChI is InChI=1S/C27H18NOS.C5H8O2.Ir/c1-16-7-5-8-17(2)26(16)25-13-18-15-28-22(14-24(18)30-25)21-11-6-10-20-19-9-3-4-12-23(19)29-27(20)21;1-4(6)3-5(2)7;/h3-10,12-15H,1-2H3;3,6H,1-2H3;/q-1;;/b;4-3-;. The molecule has 6 aromatic rings. The van der Waals surface area contributed by atoms with Crippen molar-refractivity contribution >= 4 is 49.1 Å². The number of aromatic nitrogens is 1. The summed E-state index contributed by atoms with van der Waals surface area (Å²) < 4.78 is 7.41. The molecule has 0 aliphatic rings. The first-order valence-electron chi connectivity index (χ1n) is 12.0. The first-order valence-corrected chi connectivity index (χ1v) is 12.8. The van der Waals surface area contributed by atoms with Crippen molar-refractivity contribution in [3.05, 3.63) is 102 Å². The molecular formula is C32H26IrNO3S-. The molecule has 0 saturated carbocycles. The van der Waals surface area contributed by atoms with Gasteiger partial charge in [-0.15, -0.1) is 29.5 Å². The summed E-state index contributed by atoms with van der Waals surface area (Å²) in [7, 11) is 0. The number of allylic oxidation sites excluding steroid dienone is 2. The van der Waals surface area contributed by atoms with E-state index in [1.807, 2.05) is 41.8 Å². The summed E-state index contributed by atoms with van der Waals surface area (Å²) in [5, 5.41) is 11.8. The largest absolute Gasteiger partial charge is 0.512 e. The number of carbonyl (C=O) groups is 1. The van der Waals surface area contributed by atoms with Crippen LogP contribution >= 0.6 is 11.3 Å². The van der Waals surface area contributed by atoms with Crippen LogP contribution in [-0.4, -0.2) is 15.9 Å². The number of aliphatic hydroxyl groups is 1. The number of hydrogen-bond acceptors (Lipinski definition) is 5. The number of pyridine rings is 1. The van der Waals surface area contributed by atoms with Crippen LogP contribution in [0.3, 0.4) is 0 Å². The van der Waals surface area contributed by atoms with Crippen molar-refractivity contribution in [2.24, 2.45) is 0 Å². The first kappa shape index (κ1) is 27.5. The molecule has 38 heavy (non-hydrogen) atoms. The maximum Gasteiger partial charge on any atom is 0.155 e. The maximum absolute atomic E-state index is 10.0. The van der Waals surface area contributed by atoms with Gasteiger partial charge >= 0.3 is 0 Å². The molecule has 4 nitrogen and oxygen atoms in total. The van der Waals surface area contributed by atoms with Crippen molar-refractivity contribution in [2.75, 3.05) is 0 Å². The second-order valence-corrected chi connectivity index (χ2v) is 10.2. The van der Waals surface area contributed by atoms with Gasteiger partial charge in [-0.1, -0.05) is 53.4 Å². The predicted molar refractivity (Wildman–Crippen MR) is 153 cm³/mol. The molecule has 6 heteroatoms. The van der Waals surface area contributed by atoms with Crippen molar-refractivity contribution in [1.82, 2.24) is 4.98 Å². The topological polar surface area (TPSA) is 63.3 Å². The van der Waals surface area contributed by atoms with Gasteiger partial charge < -0.3 is 14.5 Å². The van der Waals surface area contributed by atoms with E-state index in [0.717, 1.165) is 38.6 Å². The van der Waals surface area contributed by atoms with E-state index in [1.165, 1.54) is 46.2 Å². The molecule has 0 atom stereocenters. The molecule has 3 aromatic carbocycles. The van der Waals surface area contributed by atoms with Crippen LogP contribution in [0.5, 0.6) is 0 Å². The number of ketones is 1. The van der Waals surface area contributed by atoms with Gasteiger partial charge in [-0.05, 0) is 62.2 Å². The molecule has 0 amide bonds. The van der Waals surface area contributed by atoms with Crippen molar-refractivity contribution < 1.29 is 34.4 Å². The van der Waals surface area contributed by atoms with E-state index in [4.69, 9.17) is 14.5 Å². The third-order valence-electron chi connectivity index (χ3n) is 6.14. The third-order valence-corrected chi connectivity index (χ3v) is 7.25. The van der Waals surface area contributed by atoms with E-state index in [2.05, 4.69) is 62.4 Å². The number of para-hydroxylation sites is 1. The summed E-state index contributed by atoms with van der Waals surface area (Å²) in [6, 6.07) is 26.4. The van der Waals surface area contributed by atoms with Gasteiger partial charge in [0.2, 0.25) is 0 Å². The summed E-state index contributed by atoms with van der Waals surface area (Å²) in [5.41, 5.74) is 7.46. The quantitative estimate of drug-likeness (QED) is 0.114. The van der Waals surface area contributed by atoms with Crippen LogP contribution in [0.15, 0.2) is 89.2 Å². The van der Waals surface area contributed by atoms with E-state index < -0.39 is 0 Å². The third kappa shape index (κ3) is 5.48. The smallest absolute Gasteiger partial charge is 0.155 e. The number of fused-ring (bicyclic) bond motifs is 4. The minimum atomic E-state index is -0.125. The fourth-order valence-corrected chi connectivity index (χ4v) is 5.82. The summed E-state index contributed by atoms with van der Waals surface area (Å²) in [5.74, 6) is -0.0625. The molecule has 1 N–H and O–H groups in total. The molecular weight excluding hydrogens is 671 g/mol. The number of furan rings is 1. The molecule has 0 spiro atoms. The molecule has 0 fully saturated rings. The van der Waals surface area contributed by atoms with E-state index >= 15 is 0 Å². The Bertz CT molecular complexity index is 1790. The molecule has 0 bridgehead atoms. The molecule has 1 radical (unpaired) electrons. The molecule has 3 heterocycles. The van der Waals surface area contributed by atoms with Crippen LogP contribution in [-0.2, 0) is 24.9 Å². The summed E-state index contributed by atoms with van der Waals surface area (Å²) in [6.07, 6.45) is 3.13. The van der Waals surface area contributed by atoms with Crippen molar-refractivity contribution in [3.63, 3.8) is 0 Å². The number of thiophene rings is 1. The number of hydrogen-bond donors (Lipinski definition) is 1. The van der Waals surface area contributed by atoms with Crippen LogP contribution in [0, 0.1) is 19.9 Å². The summed E-state index contributed by atoms with van der Waals surface area (Å²) >= 11 is 1.81. The summed E-state index contributed by atoms with van der Waals surface area (Å²) in [6.45, 7) is 7.20. The average molecular weight is 697 g/mol. The SMILES string of the molecule is CC(=O)/C=C(/C)O.Cc1cccc(C)c1-c1cc2cnc(-c3[c-]ccc4c3oc3ccccc34)cc2s1.[Ir]. The van der Waals surface area contributed by atoms with Gasteiger partial charge in [0, 0.05) is 52.7 Å². The Morgan fingerprint density at radius 2 is 1.74 bits per heavy atom. The van der Waals surface area contributed by atoms with Gasteiger partial charge in [0.05, 0.1) is 11.3 Å². The number of benzene rings is 3. The number of carbonyl (C=O) groups excluding carboxylic acids is 1. The van der Waals surface area contributed by atoms with Crippen LogP contribution in [0.1, 0.15) is 25.0 Å². The normalized spacial score (nSPS) is 11.3. The van der Waals surface area contributed by atoms with Crippen LogP contribution in [0.25, 0.3) is 53.7 Å². The van der Waals surface area contributed by atoms with Gasteiger partial charge in [0.15, 0.2) is 5.78 Å². The molecule has 0 unspecified atom stereocenters. The van der Waals surface area contributed by atoms with Crippen LogP contribution < -0.4 is 0 Å². The van der Waals surface area contributed by atoms with Gasteiger partial charge in [0.25, 0.3) is 0 Å². The fraction of sp³-hybridized carbons (Fsp3) is 0.125. The number of nitrogens with zero attached hydrogens (tertiary/aromatic N) is 1. The minimum Gasteiger partial charge on any atom is -0.512 e. The zero-order chi connectivity index (χ0) is 26.1. The average Bonchev–Trinajstić information content (AvgIpc) is 3.44. The first-order chi connectivity index (χ1) is 17.8. The van der Waals surface area contributed by atoms with Crippen LogP contribution in [0.4, 0.5) is 0 Å². The Morgan fingerprint density at radius 1 is 1.00 bits per heavy atom. The van der Waals surface area contributed by atoms with Crippen molar-refractivity contribution in [2.45, 2.75) is 27.7 Å². The Morgan fingerprint density at radius 3 is 2.42 bits per heavy atom. The number of aryl methyl sites for hydroxylation is 2. The Labute approximate surface area is 239 Å². The number of aliphatic hydroxyl groups excluding tert-OH is 1. The molecule has 193 valence electrons. The molecule has 0 saturated heterocycles. The van der Waals surface area contributed by atoms with Crippen LogP contribution in [0.2, 0.25) is 0 Å². The monoisotopic (exact) mass is 697 g/mol. The summed E-state index contributed by atoms with van der Waals surface area (Å²) in [4.78, 5) is 16.1. The van der Waals surface area contributed by atoms with Crippen molar-refractivity contribution in [3.8, 4) is 21.7 Å². The van der Waals surface area contributed by atoms with Crippen molar-refractivity contribution in [1.29, 1.82) is 0 Å². The van der Waals surface area contributed by atoms with E-state index in [-0.39, 0.29) is 31.6 Å². The zero-order valence-corrected chi connectivity index (χ0v) is 24.7. The molecule has 0 aliphatic carbocycles. The van der Waals surface area contributed by atoms with E-state index in [9.17, 15) is 4.79 Å². The Hall–Kier alpha value is -3.57.